The van der Waals surface area contributed by atoms with Gasteiger partial charge in [-0.25, -0.2) is 9.97 Å². The summed E-state index contributed by atoms with van der Waals surface area (Å²) < 4.78 is 1.51. The number of hydrogen-bond donors (Lipinski definition) is 2. The van der Waals surface area contributed by atoms with Crippen molar-refractivity contribution in [2.45, 2.75) is 13.5 Å². The number of aryl methyl sites for hydroxylation is 1. The third kappa shape index (κ3) is 3.52. The second-order valence-electron chi connectivity index (χ2n) is 5.58. The number of nitrogens with one attached hydrogen (secondary N) is 1. The summed E-state index contributed by atoms with van der Waals surface area (Å²) in [4.78, 5) is 12.7. The van der Waals surface area contributed by atoms with Crippen LogP contribution in [0.5, 0.6) is 0 Å². The van der Waals surface area contributed by atoms with Crippen molar-refractivity contribution in [1.82, 2.24) is 34.8 Å². The summed E-state index contributed by atoms with van der Waals surface area (Å²) in [7, 11) is 0. The van der Waals surface area contributed by atoms with Crippen LogP contribution in [-0.4, -0.2) is 39.9 Å². The minimum atomic E-state index is -0.276. The molecular weight excluding hydrogens is 391 g/mol. The third-order valence-corrected chi connectivity index (χ3v) is 4.13. The van der Waals surface area contributed by atoms with Gasteiger partial charge < -0.3 is 10.4 Å². The van der Waals surface area contributed by atoms with Gasteiger partial charge in [0.1, 0.15) is 12.3 Å². The normalized spacial score (nSPS) is 11.1. The summed E-state index contributed by atoms with van der Waals surface area (Å²) in [6.07, 6.45) is 1.60. The molecule has 0 amide bonds. The van der Waals surface area contributed by atoms with E-state index >= 15 is 0 Å². The Kier molecular flexibility index (Phi) is 4.56. The second kappa shape index (κ2) is 7.03. The monoisotopic (exact) mass is 402 g/mol. The Balaban J connectivity index is 1.72. The van der Waals surface area contributed by atoms with Crippen molar-refractivity contribution in [2.75, 3.05) is 5.32 Å². The maximum absolute atomic E-state index is 9.20. The summed E-state index contributed by atoms with van der Waals surface area (Å²) >= 11 is 12.0. The maximum Gasteiger partial charge on any atom is 0.272 e. The lowest BCUT2D eigenvalue weighted by atomic mass is 10.2. The average molecular weight is 403 g/mol. The van der Waals surface area contributed by atoms with Crippen molar-refractivity contribution in [2.24, 2.45) is 0 Å². The molecule has 0 aliphatic heterocycles. The van der Waals surface area contributed by atoms with Gasteiger partial charge in [-0.2, -0.15) is 9.50 Å². The molecule has 136 valence electrons. The third-order valence-electron chi connectivity index (χ3n) is 3.69. The quantitative estimate of drug-likeness (QED) is 0.535. The standard InChI is InChI=1S/C16H12Cl2N8O/c1-8-14(23-24-16-22-13(7-27)25-26(8)16)12-2-3-19-15(21-12)20-11-5-9(17)4-10(18)6-11/h2-6,27H,7H2,1H3,(H,19,20,21). The Morgan fingerprint density at radius 2 is 1.89 bits per heavy atom. The second-order valence-corrected chi connectivity index (χ2v) is 6.45. The van der Waals surface area contributed by atoms with Crippen LogP contribution in [0.25, 0.3) is 17.2 Å². The Hall–Kier alpha value is -2.88. The Bertz CT molecular complexity index is 1130. The number of benzene rings is 1. The molecule has 3 aromatic heterocycles. The highest BCUT2D eigenvalue weighted by atomic mass is 35.5. The van der Waals surface area contributed by atoms with E-state index in [4.69, 9.17) is 23.2 Å². The van der Waals surface area contributed by atoms with Crippen molar-refractivity contribution >= 4 is 40.6 Å². The smallest absolute Gasteiger partial charge is 0.272 e. The number of aliphatic hydroxyl groups excluding tert-OH is 1. The van der Waals surface area contributed by atoms with Crippen LogP contribution < -0.4 is 5.32 Å². The first kappa shape index (κ1) is 17.5. The predicted octanol–water partition coefficient (Wildman–Crippen LogP) is 2.83. The van der Waals surface area contributed by atoms with E-state index in [0.29, 0.717) is 44.5 Å². The van der Waals surface area contributed by atoms with E-state index in [9.17, 15) is 5.11 Å². The van der Waals surface area contributed by atoms with E-state index in [1.54, 1.807) is 30.5 Å². The molecule has 0 saturated carbocycles. The number of halogens is 2. The molecule has 9 nitrogen and oxygen atoms in total. The van der Waals surface area contributed by atoms with Crippen LogP contribution in [0.2, 0.25) is 10.0 Å². The maximum atomic E-state index is 9.20. The molecule has 4 rings (SSSR count). The lowest BCUT2D eigenvalue weighted by molar-refractivity contribution is 0.271. The van der Waals surface area contributed by atoms with Gasteiger partial charge in [0, 0.05) is 21.9 Å². The highest BCUT2D eigenvalue weighted by molar-refractivity contribution is 6.35. The molecular formula is C16H12Cl2N8O. The van der Waals surface area contributed by atoms with E-state index in [1.165, 1.54) is 4.52 Å². The van der Waals surface area contributed by atoms with Gasteiger partial charge in [-0.15, -0.1) is 15.3 Å². The Labute approximate surface area is 163 Å². The van der Waals surface area contributed by atoms with Crippen LogP contribution in [0, 0.1) is 6.92 Å². The predicted molar refractivity (Wildman–Crippen MR) is 100 cm³/mol. The molecule has 11 heteroatoms. The number of rotatable bonds is 4. The van der Waals surface area contributed by atoms with E-state index in [0.717, 1.165) is 0 Å². The van der Waals surface area contributed by atoms with Crippen LogP contribution >= 0.6 is 23.2 Å². The fraction of sp³-hybridized carbons (Fsp3) is 0.125. The first-order valence-corrected chi connectivity index (χ1v) is 8.55. The summed E-state index contributed by atoms with van der Waals surface area (Å²) in [6.45, 7) is 1.54. The van der Waals surface area contributed by atoms with Crippen LogP contribution in [-0.2, 0) is 6.61 Å². The minimum Gasteiger partial charge on any atom is -0.388 e. The number of aromatic nitrogens is 7. The molecule has 27 heavy (non-hydrogen) atoms. The first-order valence-electron chi connectivity index (χ1n) is 7.80. The van der Waals surface area contributed by atoms with Gasteiger partial charge in [-0.3, -0.25) is 0 Å². The van der Waals surface area contributed by atoms with Gasteiger partial charge in [0.05, 0.1) is 11.4 Å². The summed E-state index contributed by atoms with van der Waals surface area (Å²) in [5.41, 5.74) is 2.41. The number of hydrogen-bond acceptors (Lipinski definition) is 8. The zero-order valence-corrected chi connectivity index (χ0v) is 15.4. The zero-order valence-electron chi connectivity index (χ0n) is 13.9. The summed E-state index contributed by atoms with van der Waals surface area (Å²) in [6, 6.07) is 6.78. The Morgan fingerprint density at radius 3 is 2.63 bits per heavy atom. The lowest BCUT2D eigenvalue weighted by Gasteiger charge is -2.08. The van der Waals surface area contributed by atoms with Crippen LogP contribution in [0.4, 0.5) is 11.6 Å². The SMILES string of the molecule is Cc1c(-c2ccnc(Nc3cc(Cl)cc(Cl)c3)n2)nnc2nc(CO)nn12. The average Bonchev–Trinajstić information content (AvgIpc) is 3.06. The topological polar surface area (TPSA) is 114 Å². The van der Waals surface area contributed by atoms with Crippen LogP contribution in [0.15, 0.2) is 30.5 Å². The van der Waals surface area contributed by atoms with Gasteiger partial charge in [0.15, 0.2) is 5.82 Å². The molecule has 3 heterocycles. The molecule has 0 spiro atoms. The molecule has 0 atom stereocenters. The van der Waals surface area contributed by atoms with E-state index in [1.807, 2.05) is 6.92 Å². The van der Waals surface area contributed by atoms with Crippen molar-refractivity contribution in [3.8, 4) is 11.4 Å². The van der Waals surface area contributed by atoms with Crippen molar-refractivity contribution in [3.05, 3.63) is 52.0 Å². The minimum absolute atomic E-state index is 0.271. The van der Waals surface area contributed by atoms with Crippen molar-refractivity contribution < 1.29 is 5.11 Å². The number of fused-ring (bicyclic) bond motifs is 1. The number of anilines is 2. The molecule has 0 bridgehead atoms. The van der Waals surface area contributed by atoms with Gasteiger partial charge in [0.25, 0.3) is 5.78 Å². The van der Waals surface area contributed by atoms with Gasteiger partial charge in [0.2, 0.25) is 5.95 Å². The molecule has 0 saturated heterocycles. The highest BCUT2D eigenvalue weighted by Gasteiger charge is 2.14. The number of aliphatic hydroxyl groups is 1. The number of nitrogens with zero attached hydrogens (tertiary/aromatic N) is 7. The fourth-order valence-corrected chi connectivity index (χ4v) is 3.04. The van der Waals surface area contributed by atoms with E-state index < -0.39 is 0 Å². The summed E-state index contributed by atoms with van der Waals surface area (Å²) in [5.74, 6) is 0.926. The molecule has 2 N–H and O–H groups in total. The van der Waals surface area contributed by atoms with Crippen LogP contribution in [0.3, 0.4) is 0 Å². The van der Waals surface area contributed by atoms with E-state index in [-0.39, 0.29) is 12.4 Å². The Morgan fingerprint density at radius 1 is 1.11 bits per heavy atom. The fourth-order valence-electron chi connectivity index (χ4n) is 2.51. The zero-order chi connectivity index (χ0) is 19.0. The van der Waals surface area contributed by atoms with Gasteiger partial charge in [-0.05, 0) is 31.2 Å². The van der Waals surface area contributed by atoms with Crippen molar-refractivity contribution in [1.29, 1.82) is 0 Å². The van der Waals surface area contributed by atoms with Crippen molar-refractivity contribution in [3.63, 3.8) is 0 Å². The van der Waals surface area contributed by atoms with Crippen LogP contribution in [0.1, 0.15) is 11.5 Å². The highest BCUT2D eigenvalue weighted by Crippen LogP contribution is 2.25. The molecule has 0 unspecified atom stereocenters. The molecule has 0 radical (unpaired) electrons. The molecule has 0 fully saturated rings. The van der Waals surface area contributed by atoms with Gasteiger partial charge >= 0.3 is 0 Å². The van der Waals surface area contributed by atoms with Gasteiger partial charge in [-0.1, -0.05) is 23.2 Å². The lowest BCUT2D eigenvalue weighted by Crippen LogP contribution is -2.05. The molecule has 4 aromatic rings. The largest absolute Gasteiger partial charge is 0.388 e. The summed E-state index contributed by atoms with van der Waals surface area (Å²) in [5, 5.41) is 25.7. The molecule has 0 aliphatic rings. The molecule has 1 aromatic carbocycles. The van der Waals surface area contributed by atoms with E-state index in [2.05, 4.69) is 35.6 Å². The first-order chi connectivity index (χ1) is 13.0. The molecule has 0 aliphatic carbocycles.